The predicted octanol–water partition coefficient (Wildman–Crippen LogP) is 3.38. The summed E-state index contributed by atoms with van der Waals surface area (Å²) in [5, 5.41) is 7.98. The summed E-state index contributed by atoms with van der Waals surface area (Å²) < 4.78 is 41.3. The zero-order valence-corrected chi connectivity index (χ0v) is 15.4. The Morgan fingerprint density at radius 1 is 1.15 bits per heavy atom. The molecule has 0 saturated carbocycles. The smallest absolute Gasteiger partial charge is 0.243 e. The van der Waals surface area contributed by atoms with Gasteiger partial charge in [0.25, 0.3) is 0 Å². The second-order valence-corrected chi connectivity index (χ2v) is 7.79. The van der Waals surface area contributed by atoms with Gasteiger partial charge in [-0.1, -0.05) is 23.7 Å². The molecule has 0 saturated heterocycles. The minimum atomic E-state index is -3.83. The fourth-order valence-electron chi connectivity index (χ4n) is 2.35. The maximum Gasteiger partial charge on any atom is 0.243 e. The van der Waals surface area contributed by atoms with Gasteiger partial charge in [0.15, 0.2) is 5.82 Å². The van der Waals surface area contributed by atoms with E-state index >= 15 is 0 Å². The van der Waals surface area contributed by atoms with Gasteiger partial charge >= 0.3 is 0 Å². The molecule has 3 rings (SSSR count). The SMILES string of the molecule is CNS(=O)(=O)c1ccc(Nc2ccn(Cc3ccc(Cl)cc3)n2)cc1F. The summed E-state index contributed by atoms with van der Waals surface area (Å²) in [5.74, 6) is -0.326. The maximum atomic E-state index is 14.1. The van der Waals surface area contributed by atoms with Gasteiger partial charge in [-0.3, -0.25) is 4.68 Å². The highest BCUT2D eigenvalue weighted by Crippen LogP contribution is 2.21. The molecule has 26 heavy (non-hydrogen) atoms. The summed E-state index contributed by atoms with van der Waals surface area (Å²) >= 11 is 5.87. The maximum absolute atomic E-state index is 14.1. The van der Waals surface area contributed by atoms with Gasteiger partial charge in [-0.2, -0.15) is 5.10 Å². The Morgan fingerprint density at radius 3 is 2.54 bits per heavy atom. The molecule has 9 heteroatoms. The van der Waals surface area contributed by atoms with Gasteiger partial charge in [0.2, 0.25) is 10.0 Å². The first-order valence-electron chi connectivity index (χ1n) is 7.65. The molecule has 2 N–H and O–H groups in total. The van der Waals surface area contributed by atoms with Gasteiger partial charge in [0.05, 0.1) is 6.54 Å². The molecule has 0 fully saturated rings. The van der Waals surface area contributed by atoms with E-state index < -0.39 is 20.7 Å². The molecular formula is C17H16ClFN4O2S. The molecular weight excluding hydrogens is 379 g/mol. The highest BCUT2D eigenvalue weighted by atomic mass is 35.5. The standard InChI is InChI=1S/C17H16ClFN4O2S/c1-20-26(24,25)16-7-6-14(10-15(16)19)21-17-8-9-23(22-17)11-12-2-4-13(18)5-3-12/h2-10,20H,11H2,1H3,(H,21,22). The van der Waals surface area contributed by atoms with Crippen LogP contribution in [0.25, 0.3) is 0 Å². The van der Waals surface area contributed by atoms with Crippen molar-refractivity contribution in [1.82, 2.24) is 14.5 Å². The number of sulfonamides is 1. The van der Waals surface area contributed by atoms with Crippen LogP contribution in [-0.4, -0.2) is 25.2 Å². The highest BCUT2D eigenvalue weighted by Gasteiger charge is 2.17. The second kappa shape index (κ2) is 7.45. The predicted molar refractivity (Wildman–Crippen MR) is 98.7 cm³/mol. The van der Waals surface area contributed by atoms with E-state index in [0.29, 0.717) is 23.1 Å². The monoisotopic (exact) mass is 394 g/mol. The molecule has 6 nitrogen and oxygen atoms in total. The van der Waals surface area contributed by atoms with Gasteiger partial charge in [-0.15, -0.1) is 0 Å². The minimum absolute atomic E-state index is 0.397. The fraction of sp³-hybridized carbons (Fsp3) is 0.118. The van der Waals surface area contributed by atoms with E-state index in [1.165, 1.54) is 19.2 Å². The number of rotatable bonds is 6. The number of anilines is 2. The van der Waals surface area contributed by atoms with E-state index in [9.17, 15) is 12.8 Å². The lowest BCUT2D eigenvalue weighted by molar-refractivity contribution is 0.562. The van der Waals surface area contributed by atoms with E-state index in [1.54, 1.807) is 16.9 Å². The number of halogens is 2. The Balaban J connectivity index is 1.73. The number of aromatic nitrogens is 2. The molecule has 2 aromatic carbocycles. The van der Waals surface area contributed by atoms with Gasteiger partial charge in [-0.25, -0.2) is 17.5 Å². The van der Waals surface area contributed by atoms with E-state index in [2.05, 4.69) is 15.1 Å². The average Bonchev–Trinajstić information content (AvgIpc) is 3.03. The molecule has 136 valence electrons. The Labute approximate surface area is 155 Å². The molecule has 1 heterocycles. The van der Waals surface area contributed by atoms with E-state index in [4.69, 9.17) is 11.6 Å². The second-order valence-electron chi connectivity index (χ2n) is 5.50. The molecule has 1 aromatic heterocycles. The third-order valence-electron chi connectivity index (χ3n) is 3.66. The average molecular weight is 395 g/mol. The molecule has 0 radical (unpaired) electrons. The molecule has 0 amide bonds. The summed E-state index contributed by atoms with van der Waals surface area (Å²) in [6.07, 6.45) is 1.78. The Bertz CT molecular complexity index is 1020. The molecule has 0 aliphatic heterocycles. The molecule has 0 atom stereocenters. The van der Waals surface area contributed by atoms with Crippen LogP contribution in [0, 0.1) is 5.82 Å². The highest BCUT2D eigenvalue weighted by molar-refractivity contribution is 7.89. The van der Waals surface area contributed by atoms with Crippen molar-refractivity contribution in [3.8, 4) is 0 Å². The minimum Gasteiger partial charge on any atom is -0.339 e. The van der Waals surface area contributed by atoms with Crippen molar-refractivity contribution in [3.05, 3.63) is 71.1 Å². The summed E-state index contributed by atoms with van der Waals surface area (Å²) in [4.78, 5) is -0.404. The first-order valence-corrected chi connectivity index (χ1v) is 9.51. The van der Waals surface area contributed by atoms with Crippen LogP contribution in [0.1, 0.15) is 5.56 Å². The van der Waals surface area contributed by atoms with E-state index in [-0.39, 0.29) is 0 Å². The van der Waals surface area contributed by atoms with Gasteiger partial charge < -0.3 is 5.32 Å². The summed E-state index contributed by atoms with van der Waals surface area (Å²) in [6, 6.07) is 13.0. The Morgan fingerprint density at radius 2 is 1.88 bits per heavy atom. The first kappa shape index (κ1) is 18.4. The third kappa shape index (κ3) is 4.21. The molecule has 0 unspecified atom stereocenters. The van der Waals surface area contributed by atoms with Crippen LogP contribution < -0.4 is 10.0 Å². The van der Waals surface area contributed by atoms with Crippen molar-refractivity contribution >= 4 is 33.1 Å². The van der Waals surface area contributed by atoms with Crippen LogP contribution in [0.5, 0.6) is 0 Å². The van der Waals surface area contributed by atoms with Crippen molar-refractivity contribution in [1.29, 1.82) is 0 Å². The number of hydrogen-bond acceptors (Lipinski definition) is 4. The number of hydrogen-bond donors (Lipinski definition) is 2. The lowest BCUT2D eigenvalue weighted by Gasteiger charge is -2.07. The normalized spacial score (nSPS) is 11.5. The molecule has 3 aromatic rings. The van der Waals surface area contributed by atoms with Gasteiger partial charge in [0, 0.05) is 23.0 Å². The van der Waals surface area contributed by atoms with Crippen molar-refractivity contribution in [2.24, 2.45) is 0 Å². The van der Waals surface area contributed by atoms with Crippen molar-refractivity contribution in [2.45, 2.75) is 11.4 Å². The van der Waals surface area contributed by atoms with Crippen LogP contribution >= 0.6 is 11.6 Å². The molecule has 0 spiro atoms. The number of nitrogens with one attached hydrogen (secondary N) is 2. The van der Waals surface area contributed by atoms with Crippen molar-refractivity contribution < 1.29 is 12.8 Å². The third-order valence-corrected chi connectivity index (χ3v) is 5.36. The van der Waals surface area contributed by atoms with Crippen LogP contribution in [0.15, 0.2) is 59.6 Å². The van der Waals surface area contributed by atoms with Crippen molar-refractivity contribution in [2.75, 3.05) is 12.4 Å². The van der Waals surface area contributed by atoms with Gasteiger partial charge in [0.1, 0.15) is 10.7 Å². The largest absolute Gasteiger partial charge is 0.339 e. The van der Waals surface area contributed by atoms with Crippen LogP contribution in [0.2, 0.25) is 5.02 Å². The van der Waals surface area contributed by atoms with Crippen LogP contribution in [-0.2, 0) is 16.6 Å². The quantitative estimate of drug-likeness (QED) is 0.672. The summed E-state index contributed by atoms with van der Waals surface area (Å²) in [7, 11) is -2.60. The Hall–Kier alpha value is -2.42. The first-order chi connectivity index (χ1) is 12.4. The number of nitrogens with zero attached hydrogens (tertiary/aromatic N) is 2. The zero-order valence-electron chi connectivity index (χ0n) is 13.8. The fourth-order valence-corrected chi connectivity index (χ4v) is 3.26. The lowest BCUT2D eigenvalue weighted by Crippen LogP contribution is -2.19. The molecule has 0 bridgehead atoms. The van der Waals surface area contributed by atoms with E-state index in [0.717, 1.165) is 11.6 Å². The zero-order chi connectivity index (χ0) is 18.7. The molecule has 0 aliphatic rings. The Kier molecular flexibility index (Phi) is 5.26. The van der Waals surface area contributed by atoms with Gasteiger partial charge in [-0.05, 0) is 42.9 Å². The lowest BCUT2D eigenvalue weighted by atomic mass is 10.2. The van der Waals surface area contributed by atoms with Crippen molar-refractivity contribution in [3.63, 3.8) is 0 Å². The topological polar surface area (TPSA) is 76.0 Å². The summed E-state index contributed by atoms with van der Waals surface area (Å²) in [6.45, 7) is 0.562. The molecule has 0 aliphatic carbocycles. The summed E-state index contributed by atoms with van der Waals surface area (Å²) in [5.41, 5.74) is 1.44. The van der Waals surface area contributed by atoms with Crippen LogP contribution in [0.4, 0.5) is 15.9 Å². The van der Waals surface area contributed by atoms with Crippen LogP contribution in [0.3, 0.4) is 0 Å². The van der Waals surface area contributed by atoms with E-state index in [1.807, 2.05) is 24.3 Å². The number of benzene rings is 2.